The number of hydrogen-bond acceptors (Lipinski definition) is 6. The van der Waals surface area contributed by atoms with Gasteiger partial charge in [0.15, 0.2) is 0 Å². The number of nitrogens with one attached hydrogen (secondary N) is 1. The predicted molar refractivity (Wildman–Crippen MR) is 68.5 cm³/mol. The molecule has 1 aromatic heterocycles. The monoisotopic (exact) mass is 271 g/mol. The van der Waals surface area contributed by atoms with Crippen LogP contribution >= 0.6 is 0 Å². The van der Waals surface area contributed by atoms with Gasteiger partial charge in [-0.3, -0.25) is 4.79 Å². The van der Waals surface area contributed by atoms with E-state index in [1.165, 1.54) is 0 Å². The van der Waals surface area contributed by atoms with Crippen molar-refractivity contribution in [2.75, 3.05) is 33.5 Å². The number of nitrogens with two attached hydrogens (primary N) is 1. The number of ether oxygens (including phenoxy) is 3. The minimum Gasteiger partial charge on any atom is -0.462 e. The topological polar surface area (TPSA) is 99.5 Å². The normalized spacial score (nSPS) is 12.3. The highest BCUT2D eigenvalue weighted by molar-refractivity contribution is 5.75. The third-order valence-corrected chi connectivity index (χ3v) is 2.41. The summed E-state index contributed by atoms with van der Waals surface area (Å²) in [6.07, 6.45) is 4.38. The summed E-state index contributed by atoms with van der Waals surface area (Å²) in [4.78, 5) is 18.3. The Morgan fingerprint density at radius 2 is 2.26 bits per heavy atom. The SMILES string of the molecule is COCCCOCCOC(=O)C(N)Cc1cnc[nH]1. The first-order valence-corrected chi connectivity index (χ1v) is 6.20. The number of imidazole rings is 1. The Kier molecular flexibility index (Phi) is 7.80. The van der Waals surface area contributed by atoms with Crippen LogP contribution in [0.5, 0.6) is 0 Å². The lowest BCUT2D eigenvalue weighted by Gasteiger charge is -2.10. The fourth-order valence-corrected chi connectivity index (χ4v) is 1.43. The molecule has 1 atom stereocenters. The largest absolute Gasteiger partial charge is 0.462 e. The van der Waals surface area contributed by atoms with Gasteiger partial charge in [0, 0.05) is 38.6 Å². The van der Waals surface area contributed by atoms with Gasteiger partial charge in [-0.05, 0) is 6.42 Å². The second kappa shape index (κ2) is 9.48. The van der Waals surface area contributed by atoms with Gasteiger partial charge in [-0.2, -0.15) is 0 Å². The maximum absolute atomic E-state index is 11.5. The summed E-state index contributed by atoms with van der Waals surface area (Å²) in [5.41, 5.74) is 6.52. The number of rotatable bonds is 10. The van der Waals surface area contributed by atoms with Gasteiger partial charge >= 0.3 is 5.97 Å². The fraction of sp³-hybridized carbons (Fsp3) is 0.667. The molecule has 1 heterocycles. The highest BCUT2D eigenvalue weighted by atomic mass is 16.6. The van der Waals surface area contributed by atoms with E-state index in [0.29, 0.717) is 26.2 Å². The van der Waals surface area contributed by atoms with Gasteiger partial charge in [0.2, 0.25) is 0 Å². The van der Waals surface area contributed by atoms with Gasteiger partial charge in [-0.25, -0.2) is 4.98 Å². The Hall–Kier alpha value is -1.44. The first-order valence-electron chi connectivity index (χ1n) is 6.20. The average Bonchev–Trinajstić information content (AvgIpc) is 2.90. The lowest BCUT2D eigenvalue weighted by atomic mass is 10.2. The molecule has 0 bridgehead atoms. The average molecular weight is 271 g/mol. The van der Waals surface area contributed by atoms with E-state index >= 15 is 0 Å². The number of carbonyl (C=O) groups is 1. The minimum absolute atomic E-state index is 0.211. The molecule has 1 rings (SSSR count). The molecule has 3 N–H and O–H groups in total. The summed E-state index contributed by atoms with van der Waals surface area (Å²) in [6.45, 7) is 1.83. The third kappa shape index (κ3) is 6.90. The Morgan fingerprint density at radius 1 is 1.42 bits per heavy atom. The number of H-pyrrole nitrogens is 1. The van der Waals surface area contributed by atoms with Gasteiger partial charge < -0.3 is 24.9 Å². The van der Waals surface area contributed by atoms with Crippen LogP contribution in [0.4, 0.5) is 0 Å². The molecule has 7 nitrogen and oxygen atoms in total. The second-order valence-corrected chi connectivity index (χ2v) is 4.01. The van der Waals surface area contributed by atoms with Crippen molar-refractivity contribution in [2.45, 2.75) is 18.9 Å². The van der Waals surface area contributed by atoms with E-state index in [-0.39, 0.29) is 6.61 Å². The molecule has 0 aliphatic heterocycles. The van der Waals surface area contributed by atoms with Crippen LogP contribution in [0.15, 0.2) is 12.5 Å². The molecular weight excluding hydrogens is 250 g/mol. The molecular formula is C12H21N3O4. The maximum Gasteiger partial charge on any atom is 0.323 e. The smallest absolute Gasteiger partial charge is 0.323 e. The Bertz CT molecular complexity index is 343. The zero-order valence-corrected chi connectivity index (χ0v) is 11.1. The van der Waals surface area contributed by atoms with Crippen LogP contribution in [0.2, 0.25) is 0 Å². The standard InChI is InChI=1S/C12H21N3O4/c1-17-3-2-4-18-5-6-19-12(16)11(13)7-10-8-14-9-15-10/h8-9,11H,2-7,13H2,1H3,(H,14,15). The molecule has 1 unspecified atom stereocenters. The molecule has 7 heteroatoms. The summed E-state index contributed by atoms with van der Waals surface area (Å²) in [5.74, 6) is -0.435. The van der Waals surface area contributed by atoms with Crippen molar-refractivity contribution in [1.82, 2.24) is 9.97 Å². The zero-order valence-electron chi connectivity index (χ0n) is 11.1. The Labute approximate surface area is 112 Å². The van der Waals surface area contributed by atoms with Crippen LogP contribution in [0.25, 0.3) is 0 Å². The molecule has 0 aliphatic carbocycles. The maximum atomic E-state index is 11.5. The fourth-order valence-electron chi connectivity index (χ4n) is 1.43. The molecule has 0 fully saturated rings. The second-order valence-electron chi connectivity index (χ2n) is 4.01. The lowest BCUT2D eigenvalue weighted by molar-refractivity contribution is -0.146. The zero-order chi connectivity index (χ0) is 13.9. The van der Waals surface area contributed by atoms with Crippen molar-refractivity contribution in [3.63, 3.8) is 0 Å². The van der Waals surface area contributed by atoms with Crippen LogP contribution in [-0.4, -0.2) is 55.5 Å². The van der Waals surface area contributed by atoms with Gasteiger partial charge in [0.05, 0.1) is 12.9 Å². The summed E-state index contributed by atoms with van der Waals surface area (Å²) in [7, 11) is 1.64. The molecule has 0 saturated heterocycles. The van der Waals surface area contributed by atoms with Crippen LogP contribution in [-0.2, 0) is 25.4 Å². The molecule has 0 aliphatic rings. The van der Waals surface area contributed by atoms with Gasteiger partial charge in [0.25, 0.3) is 0 Å². The number of aromatic nitrogens is 2. The van der Waals surface area contributed by atoms with E-state index in [9.17, 15) is 4.79 Å². The molecule has 0 radical (unpaired) electrons. The molecule has 108 valence electrons. The molecule has 0 amide bonds. The highest BCUT2D eigenvalue weighted by Crippen LogP contribution is 1.98. The highest BCUT2D eigenvalue weighted by Gasteiger charge is 2.16. The van der Waals surface area contributed by atoms with Crippen molar-refractivity contribution < 1.29 is 19.0 Å². The molecule has 1 aromatic rings. The number of carbonyl (C=O) groups excluding carboxylic acids is 1. The van der Waals surface area contributed by atoms with Gasteiger partial charge in [-0.1, -0.05) is 0 Å². The van der Waals surface area contributed by atoms with E-state index < -0.39 is 12.0 Å². The number of hydrogen-bond donors (Lipinski definition) is 2. The van der Waals surface area contributed by atoms with Crippen LogP contribution in [0.3, 0.4) is 0 Å². The molecule has 0 aromatic carbocycles. The Morgan fingerprint density at radius 3 is 2.95 bits per heavy atom. The predicted octanol–water partition coefficient (Wildman–Crippen LogP) is -0.124. The number of nitrogens with zero attached hydrogens (tertiary/aromatic N) is 1. The minimum atomic E-state index is -0.686. The van der Waals surface area contributed by atoms with E-state index in [1.807, 2.05) is 0 Å². The van der Waals surface area contributed by atoms with Crippen LogP contribution in [0.1, 0.15) is 12.1 Å². The number of esters is 1. The Balaban J connectivity index is 2.03. The molecule has 19 heavy (non-hydrogen) atoms. The molecule has 0 saturated carbocycles. The number of aromatic amines is 1. The van der Waals surface area contributed by atoms with Gasteiger partial charge in [0.1, 0.15) is 12.6 Å². The van der Waals surface area contributed by atoms with Crippen molar-refractivity contribution in [2.24, 2.45) is 5.73 Å². The van der Waals surface area contributed by atoms with Crippen LogP contribution in [0, 0.1) is 0 Å². The first kappa shape index (κ1) is 15.6. The van der Waals surface area contributed by atoms with Crippen LogP contribution < -0.4 is 5.73 Å². The quantitative estimate of drug-likeness (QED) is 0.454. The van der Waals surface area contributed by atoms with E-state index in [2.05, 4.69) is 9.97 Å². The van der Waals surface area contributed by atoms with Crippen molar-refractivity contribution >= 4 is 5.97 Å². The lowest BCUT2D eigenvalue weighted by Crippen LogP contribution is -2.35. The van der Waals surface area contributed by atoms with Gasteiger partial charge in [-0.15, -0.1) is 0 Å². The summed E-state index contributed by atoms with van der Waals surface area (Å²) < 4.78 is 15.1. The van der Waals surface area contributed by atoms with E-state index in [4.69, 9.17) is 19.9 Å². The third-order valence-electron chi connectivity index (χ3n) is 2.41. The van der Waals surface area contributed by atoms with Crippen molar-refractivity contribution in [3.8, 4) is 0 Å². The van der Waals surface area contributed by atoms with E-state index in [0.717, 1.165) is 12.1 Å². The molecule has 0 spiro atoms. The van der Waals surface area contributed by atoms with E-state index in [1.54, 1.807) is 19.6 Å². The van der Waals surface area contributed by atoms with Crippen molar-refractivity contribution in [3.05, 3.63) is 18.2 Å². The summed E-state index contributed by atoms with van der Waals surface area (Å²) in [5, 5.41) is 0. The summed E-state index contributed by atoms with van der Waals surface area (Å²) >= 11 is 0. The number of methoxy groups -OCH3 is 1. The summed E-state index contributed by atoms with van der Waals surface area (Å²) in [6, 6.07) is -0.686. The first-order chi connectivity index (χ1) is 9.24. The van der Waals surface area contributed by atoms with Crippen molar-refractivity contribution in [1.29, 1.82) is 0 Å².